The van der Waals surface area contributed by atoms with Crippen LogP contribution in [-0.2, 0) is 10.0 Å². The lowest BCUT2D eigenvalue weighted by Gasteiger charge is -2.20. The minimum atomic E-state index is -3.79. The van der Waals surface area contributed by atoms with Crippen LogP contribution in [0.4, 0.5) is 11.4 Å². The highest BCUT2D eigenvalue weighted by molar-refractivity contribution is 7.89. The molecule has 1 aromatic carbocycles. The standard InChI is InChI=1S/C11H20N4O2S/c1-8(7-15(2)3)14-10-5-4-9(12)6-11(10)18(13,16)17/h4-6,8,14H,7,12H2,1-3H3,(H2,13,16,17). The number of nitrogen functional groups attached to an aromatic ring is 1. The monoisotopic (exact) mass is 272 g/mol. The van der Waals surface area contributed by atoms with Gasteiger partial charge in [0.15, 0.2) is 0 Å². The van der Waals surface area contributed by atoms with E-state index in [1.54, 1.807) is 12.1 Å². The van der Waals surface area contributed by atoms with Gasteiger partial charge in [0.1, 0.15) is 4.90 Å². The van der Waals surface area contributed by atoms with Gasteiger partial charge < -0.3 is 16.0 Å². The normalized spacial score (nSPS) is 13.6. The average molecular weight is 272 g/mol. The molecule has 0 radical (unpaired) electrons. The zero-order valence-corrected chi connectivity index (χ0v) is 11.7. The minimum Gasteiger partial charge on any atom is -0.399 e. The molecule has 0 aliphatic heterocycles. The molecule has 0 aliphatic carbocycles. The molecule has 5 N–H and O–H groups in total. The van der Waals surface area contributed by atoms with E-state index >= 15 is 0 Å². The van der Waals surface area contributed by atoms with Crippen molar-refractivity contribution in [3.05, 3.63) is 18.2 Å². The second-order valence-corrected chi connectivity index (χ2v) is 6.14. The Morgan fingerprint density at radius 1 is 1.39 bits per heavy atom. The summed E-state index contributed by atoms with van der Waals surface area (Å²) in [6.07, 6.45) is 0. The van der Waals surface area contributed by atoms with Crippen molar-refractivity contribution in [2.75, 3.05) is 31.7 Å². The summed E-state index contributed by atoms with van der Waals surface area (Å²) in [5.41, 5.74) is 6.42. The van der Waals surface area contributed by atoms with Gasteiger partial charge in [0, 0.05) is 18.3 Å². The molecule has 0 spiro atoms. The largest absolute Gasteiger partial charge is 0.399 e. The molecular formula is C11H20N4O2S. The van der Waals surface area contributed by atoms with E-state index in [1.165, 1.54) is 6.07 Å². The molecule has 7 heteroatoms. The van der Waals surface area contributed by atoms with Gasteiger partial charge in [0.2, 0.25) is 10.0 Å². The van der Waals surface area contributed by atoms with Crippen molar-refractivity contribution in [2.24, 2.45) is 5.14 Å². The van der Waals surface area contributed by atoms with Gasteiger partial charge >= 0.3 is 0 Å². The summed E-state index contributed by atoms with van der Waals surface area (Å²) in [6, 6.07) is 4.71. The number of likely N-dealkylation sites (N-methyl/N-ethyl adjacent to an activating group) is 1. The fraction of sp³-hybridized carbons (Fsp3) is 0.455. The van der Waals surface area contributed by atoms with E-state index in [-0.39, 0.29) is 10.9 Å². The first-order valence-corrected chi connectivity index (χ1v) is 7.08. The first kappa shape index (κ1) is 14.7. The molecule has 0 bridgehead atoms. The molecule has 0 amide bonds. The van der Waals surface area contributed by atoms with Crippen molar-refractivity contribution in [3.8, 4) is 0 Å². The van der Waals surface area contributed by atoms with Crippen LogP contribution in [0.2, 0.25) is 0 Å². The number of anilines is 2. The molecule has 0 aromatic heterocycles. The summed E-state index contributed by atoms with van der Waals surface area (Å²) in [6.45, 7) is 2.73. The number of hydrogen-bond acceptors (Lipinski definition) is 5. The molecule has 1 atom stereocenters. The van der Waals surface area contributed by atoms with E-state index in [2.05, 4.69) is 5.32 Å². The predicted octanol–water partition coefficient (Wildman–Crippen LogP) is 0.278. The third-order valence-corrected chi connectivity index (χ3v) is 3.30. The Balaban J connectivity index is 3.02. The molecule has 102 valence electrons. The van der Waals surface area contributed by atoms with Crippen LogP contribution in [0.1, 0.15) is 6.92 Å². The van der Waals surface area contributed by atoms with Gasteiger partial charge in [-0.2, -0.15) is 0 Å². The second kappa shape index (κ2) is 5.55. The molecule has 0 fully saturated rings. The molecule has 18 heavy (non-hydrogen) atoms. The van der Waals surface area contributed by atoms with Gasteiger partial charge in [-0.1, -0.05) is 0 Å². The Kier molecular flexibility index (Phi) is 4.55. The Morgan fingerprint density at radius 3 is 2.50 bits per heavy atom. The highest BCUT2D eigenvalue weighted by atomic mass is 32.2. The van der Waals surface area contributed by atoms with Crippen LogP contribution in [0.3, 0.4) is 0 Å². The van der Waals surface area contributed by atoms with Crippen molar-refractivity contribution in [1.29, 1.82) is 0 Å². The molecule has 0 heterocycles. The number of nitrogens with zero attached hydrogens (tertiary/aromatic N) is 1. The highest BCUT2D eigenvalue weighted by Crippen LogP contribution is 2.23. The number of hydrogen-bond donors (Lipinski definition) is 3. The fourth-order valence-electron chi connectivity index (χ4n) is 1.75. The lowest BCUT2D eigenvalue weighted by molar-refractivity contribution is 0.392. The first-order valence-electron chi connectivity index (χ1n) is 5.53. The summed E-state index contributed by atoms with van der Waals surface area (Å²) in [7, 11) is 0.106. The second-order valence-electron chi connectivity index (χ2n) is 4.61. The smallest absolute Gasteiger partial charge is 0.240 e. The van der Waals surface area contributed by atoms with Crippen molar-refractivity contribution in [1.82, 2.24) is 4.90 Å². The number of nitrogens with one attached hydrogen (secondary N) is 1. The van der Waals surface area contributed by atoms with E-state index in [0.29, 0.717) is 11.4 Å². The minimum absolute atomic E-state index is 0.0214. The number of sulfonamides is 1. The Labute approximate surface area is 108 Å². The number of nitrogens with two attached hydrogens (primary N) is 2. The maximum atomic E-state index is 11.5. The van der Waals surface area contributed by atoms with Crippen molar-refractivity contribution in [2.45, 2.75) is 17.9 Å². The van der Waals surface area contributed by atoms with Crippen LogP contribution in [0.5, 0.6) is 0 Å². The van der Waals surface area contributed by atoms with Crippen molar-refractivity contribution in [3.63, 3.8) is 0 Å². The van der Waals surface area contributed by atoms with Crippen LogP contribution in [0.15, 0.2) is 23.1 Å². The quantitative estimate of drug-likeness (QED) is 0.668. The van der Waals surface area contributed by atoms with Crippen LogP contribution in [-0.4, -0.2) is 40.0 Å². The van der Waals surface area contributed by atoms with Crippen LogP contribution in [0, 0.1) is 0 Å². The number of rotatable bonds is 5. The van der Waals surface area contributed by atoms with Crippen LogP contribution < -0.4 is 16.2 Å². The molecular weight excluding hydrogens is 252 g/mol. The van der Waals surface area contributed by atoms with Crippen molar-refractivity contribution >= 4 is 21.4 Å². The maximum absolute atomic E-state index is 11.5. The fourth-order valence-corrected chi connectivity index (χ4v) is 2.49. The lowest BCUT2D eigenvalue weighted by Crippen LogP contribution is -2.30. The van der Waals surface area contributed by atoms with Gasteiger partial charge in [-0.3, -0.25) is 0 Å². The zero-order chi connectivity index (χ0) is 13.9. The van der Waals surface area contributed by atoms with Crippen molar-refractivity contribution < 1.29 is 8.42 Å². The SMILES string of the molecule is CC(CN(C)C)Nc1ccc(N)cc1S(N)(=O)=O. The van der Waals surface area contributed by atoms with E-state index in [0.717, 1.165) is 6.54 Å². The summed E-state index contributed by atoms with van der Waals surface area (Å²) in [5, 5.41) is 8.29. The van der Waals surface area contributed by atoms with E-state index in [9.17, 15) is 8.42 Å². The summed E-state index contributed by atoms with van der Waals surface area (Å²) in [4.78, 5) is 2.03. The number of primary sulfonamides is 1. The van der Waals surface area contributed by atoms with E-state index in [1.807, 2.05) is 25.9 Å². The Bertz CT molecular complexity index is 514. The van der Waals surface area contributed by atoms with E-state index < -0.39 is 10.0 Å². The summed E-state index contributed by atoms with van der Waals surface area (Å²) >= 11 is 0. The van der Waals surface area contributed by atoms with Gasteiger partial charge in [-0.05, 0) is 39.2 Å². The third kappa shape index (κ3) is 4.17. The van der Waals surface area contributed by atoms with Gasteiger partial charge in [0.25, 0.3) is 0 Å². The third-order valence-electron chi connectivity index (χ3n) is 2.35. The highest BCUT2D eigenvalue weighted by Gasteiger charge is 2.16. The summed E-state index contributed by atoms with van der Waals surface area (Å²) in [5.74, 6) is 0. The summed E-state index contributed by atoms with van der Waals surface area (Å²) < 4.78 is 23.0. The Hall–Kier alpha value is -1.31. The first-order chi connectivity index (χ1) is 8.20. The number of benzene rings is 1. The van der Waals surface area contributed by atoms with E-state index in [4.69, 9.17) is 10.9 Å². The van der Waals surface area contributed by atoms with Gasteiger partial charge in [-0.25, -0.2) is 13.6 Å². The molecule has 0 saturated heterocycles. The molecule has 1 unspecified atom stereocenters. The van der Waals surface area contributed by atoms with Crippen LogP contribution >= 0.6 is 0 Å². The van der Waals surface area contributed by atoms with Gasteiger partial charge in [-0.15, -0.1) is 0 Å². The molecule has 1 aromatic rings. The average Bonchev–Trinajstić information content (AvgIpc) is 2.17. The molecule has 1 rings (SSSR count). The zero-order valence-electron chi connectivity index (χ0n) is 10.8. The predicted molar refractivity (Wildman–Crippen MR) is 73.9 cm³/mol. The Morgan fingerprint density at radius 2 is 2.00 bits per heavy atom. The van der Waals surface area contributed by atoms with Gasteiger partial charge in [0.05, 0.1) is 5.69 Å². The lowest BCUT2D eigenvalue weighted by atomic mass is 10.2. The molecule has 0 saturated carbocycles. The maximum Gasteiger partial charge on any atom is 0.240 e. The molecule has 0 aliphatic rings. The molecule has 6 nitrogen and oxygen atoms in total. The van der Waals surface area contributed by atoms with Crippen LogP contribution in [0.25, 0.3) is 0 Å². The topological polar surface area (TPSA) is 101 Å².